The van der Waals surface area contributed by atoms with E-state index in [4.69, 9.17) is 10.5 Å². The topological polar surface area (TPSA) is 93.4 Å². The molecule has 1 rings (SSSR count). The fourth-order valence-electron chi connectivity index (χ4n) is 1.86. The molecule has 6 nitrogen and oxygen atoms in total. The van der Waals surface area contributed by atoms with Gasteiger partial charge in [0.1, 0.15) is 5.60 Å². The predicted molar refractivity (Wildman–Crippen MR) is 77.2 cm³/mol. The van der Waals surface area contributed by atoms with Gasteiger partial charge in [-0.2, -0.15) is 0 Å². The number of nitrogens with two attached hydrogens (primary N) is 1. The van der Waals surface area contributed by atoms with Gasteiger partial charge in [0.25, 0.3) is 0 Å². The number of amides is 2. The number of carbonyl (C=O) groups excluding carboxylic acids is 2. The molecule has 1 aliphatic rings. The maximum atomic E-state index is 11.6. The first-order valence-corrected chi connectivity index (χ1v) is 7.02. The molecular weight excluding hydrogens is 258 g/mol. The van der Waals surface area contributed by atoms with E-state index in [-0.39, 0.29) is 18.0 Å². The molecule has 1 saturated carbocycles. The number of primary amides is 1. The number of carbonyl (C=O) groups is 2. The third kappa shape index (κ3) is 5.36. The van der Waals surface area contributed by atoms with Gasteiger partial charge < -0.3 is 21.1 Å². The monoisotopic (exact) mass is 285 g/mol. The average Bonchev–Trinajstić information content (AvgIpc) is 2.18. The van der Waals surface area contributed by atoms with Crippen LogP contribution in [0.3, 0.4) is 0 Å². The van der Waals surface area contributed by atoms with Crippen molar-refractivity contribution in [3.63, 3.8) is 0 Å². The van der Waals surface area contributed by atoms with Gasteiger partial charge in [-0.15, -0.1) is 0 Å². The van der Waals surface area contributed by atoms with E-state index in [0.29, 0.717) is 12.6 Å². The number of rotatable bonds is 5. The van der Waals surface area contributed by atoms with E-state index in [2.05, 4.69) is 10.6 Å². The van der Waals surface area contributed by atoms with E-state index >= 15 is 0 Å². The van der Waals surface area contributed by atoms with Gasteiger partial charge in [0.05, 0.1) is 5.41 Å². The van der Waals surface area contributed by atoms with E-state index in [1.165, 1.54) is 0 Å². The van der Waals surface area contributed by atoms with Crippen LogP contribution in [0.5, 0.6) is 0 Å². The van der Waals surface area contributed by atoms with Crippen molar-refractivity contribution in [3.05, 3.63) is 0 Å². The van der Waals surface area contributed by atoms with E-state index in [0.717, 1.165) is 12.8 Å². The van der Waals surface area contributed by atoms with Gasteiger partial charge in [-0.3, -0.25) is 4.79 Å². The average molecular weight is 285 g/mol. The van der Waals surface area contributed by atoms with Gasteiger partial charge in [0.15, 0.2) is 0 Å². The summed E-state index contributed by atoms with van der Waals surface area (Å²) in [7, 11) is 0. The summed E-state index contributed by atoms with van der Waals surface area (Å²) >= 11 is 0. The maximum absolute atomic E-state index is 11.6. The quantitative estimate of drug-likeness (QED) is 0.706. The molecule has 2 amide bonds. The summed E-state index contributed by atoms with van der Waals surface area (Å²) in [6, 6.07) is 0.451. The van der Waals surface area contributed by atoms with Crippen molar-refractivity contribution in [2.45, 2.75) is 65.1 Å². The van der Waals surface area contributed by atoms with Crippen molar-refractivity contribution in [2.24, 2.45) is 11.1 Å². The second-order valence-electron chi connectivity index (χ2n) is 7.14. The fraction of sp³-hybridized carbons (Fsp3) is 0.857. The van der Waals surface area contributed by atoms with Crippen LogP contribution in [0, 0.1) is 5.41 Å². The van der Waals surface area contributed by atoms with Crippen molar-refractivity contribution in [1.29, 1.82) is 0 Å². The van der Waals surface area contributed by atoms with Crippen molar-refractivity contribution >= 4 is 12.0 Å². The van der Waals surface area contributed by atoms with Gasteiger partial charge >= 0.3 is 6.09 Å². The Labute approximate surface area is 120 Å². The minimum atomic E-state index is -0.552. The first kappa shape index (κ1) is 16.8. The largest absolute Gasteiger partial charge is 0.444 e. The Bertz CT molecular complexity index is 368. The van der Waals surface area contributed by atoms with Crippen molar-refractivity contribution in [2.75, 3.05) is 6.54 Å². The Hall–Kier alpha value is -1.30. The maximum Gasteiger partial charge on any atom is 0.407 e. The number of alkyl carbamates (subject to hydrolysis) is 1. The zero-order chi connectivity index (χ0) is 15.6. The van der Waals surface area contributed by atoms with Crippen LogP contribution in [0.15, 0.2) is 0 Å². The molecule has 20 heavy (non-hydrogen) atoms. The molecule has 0 spiro atoms. The molecule has 0 radical (unpaired) electrons. The number of nitrogens with one attached hydrogen (secondary N) is 2. The molecule has 0 aromatic rings. The van der Waals surface area contributed by atoms with Gasteiger partial charge in [0, 0.05) is 18.6 Å². The fourth-order valence-corrected chi connectivity index (χ4v) is 1.86. The third-order valence-electron chi connectivity index (χ3n) is 3.36. The summed E-state index contributed by atoms with van der Waals surface area (Å²) in [5.41, 5.74) is 4.29. The molecular formula is C14H27N3O3. The predicted octanol–water partition coefficient (Wildman–Crippen LogP) is 1.14. The van der Waals surface area contributed by atoms with Crippen LogP contribution in [-0.2, 0) is 9.53 Å². The van der Waals surface area contributed by atoms with Crippen molar-refractivity contribution < 1.29 is 14.3 Å². The molecule has 0 aliphatic heterocycles. The van der Waals surface area contributed by atoms with Crippen molar-refractivity contribution in [1.82, 2.24) is 10.6 Å². The highest BCUT2D eigenvalue weighted by atomic mass is 16.6. The lowest BCUT2D eigenvalue weighted by atomic mass is 9.85. The van der Waals surface area contributed by atoms with Gasteiger partial charge in [-0.25, -0.2) is 4.79 Å². The summed E-state index contributed by atoms with van der Waals surface area (Å²) in [6.45, 7) is 9.69. The zero-order valence-electron chi connectivity index (χ0n) is 13.1. The van der Waals surface area contributed by atoms with E-state index in [9.17, 15) is 9.59 Å². The molecule has 0 aromatic carbocycles. The van der Waals surface area contributed by atoms with Gasteiger partial charge in [-0.1, -0.05) is 0 Å². The van der Waals surface area contributed by atoms with Crippen LogP contribution in [0.25, 0.3) is 0 Å². The van der Waals surface area contributed by atoms with E-state index in [1.54, 1.807) is 0 Å². The molecule has 1 aliphatic carbocycles. The minimum absolute atomic E-state index is 0.138. The standard InChI is InChI=1S/C14H27N3O3/c1-13(2,3)20-12(19)17-10-6-9(7-10)16-8-14(4,5)11(15)18/h9-10,16H,6-8H2,1-5H3,(H2,15,18)(H,17,19). The molecule has 0 heterocycles. The summed E-state index contributed by atoms with van der Waals surface area (Å²) in [6.07, 6.45) is 1.31. The molecule has 4 N–H and O–H groups in total. The summed E-state index contributed by atoms with van der Waals surface area (Å²) in [4.78, 5) is 22.8. The molecule has 0 unspecified atom stereocenters. The molecule has 6 heteroatoms. The summed E-state index contributed by atoms with van der Waals surface area (Å²) in [5, 5.41) is 6.13. The summed E-state index contributed by atoms with van der Waals surface area (Å²) in [5.74, 6) is -0.312. The normalized spacial score (nSPS) is 22.9. The van der Waals surface area contributed by atoms with Crippen LogP contribution < -0.4 is 16.4 Å². The highest BCUT2D eigenvalue weighted by Crippen LogP contribution is 2.22. The van der Waals surface area contributed by atoms with Crippen LogP contribution in [0.4, 0.5) is 4.79 Å². The number of hydrogen-bond acceptors (Lipinski definition) is 4. The molecule has 0 bridgehead atoms. The minimum Gasteiger partial charge on any atom is -0.444 e. The van der Waals surface area contributed by atoms with Gasteiger partial charge in [0.2, 0.25) is 5.91 Å². The Morgan fingerprint density at radius 1 is 1.15 bits per heavy atom. The first-order chi connectivity index (χ1) is 8.99. The molecule has 1 fully saturated rings. The third-order valence-corrected chi connectivity index (χ3v) is 3.36. The molecule has 0 aromatic heterocycles. The van der Waals surface area contributed by atoms with Crippen LogP contribution >= 0.6 is 0 Å². The number of hydrogen-bond donors (Lipinski definition) is 3. The molecule has 116 valence electrons. The van der Waals surface area contributed by atoms with Gasteiger partial charge in [-0.05, 0) is 47.5 Å². The lowest BCUT2D eigenvalue weighted by Crippen LogP contribution is -2.55. The Balaban J connectivity index is 2.20. The Morgan fingerprint density at radius 3 is 2.15 bits per heavy atom. The Kier molecular flexibility index (Phi) is 5.02. The van der Waals surface area contributed by atoms with Crippen LogP contribution in [0.2, 0.25) is 0 Å². The Morgan fingerprint density at radius 2 is 1.70 bits per heavy atom. The molecule has 0 saturated heterocycles. The second-order valence-corrected chi connectivity index (χ2v) is 7.14. The summed E-state index contributed by atoms with van der Waals surface area (Å²) < 4.78 is 5.19. The lowest BCUT2D eigenvalue weighted by Gasteiger charge is -2.38. The number of ether oxygens (including phenoxy) is 1. The van der Waals surface area contributed by atoms with Crippen LogP contribution in [0.1, 0.15) is 47.5 Å². The zero-order valence-corrected chi connectivity index (χ0v) is 13.1. The van der Waals surface area contributed by atoms with Crippen LogP contribution in [-0.4, -0.2) is 36.2 Å². The SMILES string of the molecule is CC(C)(C)OC(=O)NC1CC(NCC(C)(C)C(N)=O)C1. The highest BCUT2D eigenvalue weighted by Gasteiger charge is 2.33. The lowest BCUT2D eigenvalue weighted by molar-refractivity contribution is -0.125. The van der Waals surface area contributed by atoms with E-state index < -0.39 is 11.0 Å². The van der Waals surface area contributed by atoms with Crippen molar-refractivity contribution in [3.8, 4) is 0 Å². The smallest absolute Gasteiger partial charge is 0.407 e. The second kappa shape index (κ2) is 5.99. The molecule has 0 atom stereocenters. The first-order valence-electron chi connectivity index (χ1n) is 7.02. The highest BCUT2D eigenvalue weighted by molar-refractivity contribution is 5.80. The van der Waals surface area contributed by atoms with E-state index in [1.807, 2.05) is 34.6 Å².